The summed E-state index contributed by atoms with van der Waals surface area (Å²) in [5.74, 6) is -0.218. The van der Waals surface area contributed by atoms with Crippen molar-refractivity contribution in [3.8, 4) is 0 Å². The van der Waals surface area contributed by atoms with Crippen LogP contribution in [0.1, 0.15) is 38.0 Å². The largest absolute Gasteiger partial charge is 0.388 e. The summed E-state index contributed by atoms with van der Waals surface area (Å²) in [5, 5.41) is 15.6. The SMILES string of the molecule is CC(C)n1c(CO)nnc1C(F)F. The van der Waals surface area contributed by atoms with E-state index in [4.69, 9.17) is 5.11 Å². The van der Waals surface area contributed by atoms with Crippen molar-refractivity contribution in [3.05, 3.63) is 11.6 Å². The molecule has 0 radical (unpaired) electrons. The summed E-state index contributed by atoms with van der Waals surface area (Å²) in [6, 6.07) is -0.179. The summed E-state index contributed by atoms with van der Waals surface area (Å²) < 4.78 is 25.9. The van der Waals surface area contributed by atoms with Gasteiger partial charge >= 0.3 is 0 Å². The lowest BCUT2D eigenvalue weighted by molar-refractivity contribution is 0.132. The molecule has 0 unspecified atom stereocenters. The number of aliphatic hydroxyl groups is 1. The van der Waals surface area contributed by atoms with Crippen molar-refractivity contribution in [2.45, 2.75) is 32.9 Å². The van der Waals surface area contributed by atoms with E-state index in [1.807, 2.05) is 0 Å². The topological polar surface area (TPSA) is 50.9 Å². The van der Waals surface area contributed by atoms with Gasteiger partial charge in [-0.05, 0) is 13.8 Å². The second-order valence-corrected chi connectivity index (χ2v) is 2.90. The van der Waals surface area contributed by atoms with Crippen LogP contribution >= 0.6 is 0 Å². The minimum absolute atomic E-state index is 0.172. The molecule has 1 heterocycles. The quantitative estimate of drug-likeness (QED) is 0.783. The van der Waals surface area contributed by atoms with Gasteiger partial charge < -0.3 is 9.67 Å². The van der Waals surface area contributed by atoms with Crippen LogP contribution in [0.5, 0.6) is 0 Å². The second kappa shape index (κ2) is 3.78. The zero-order valence-corrected chi connectivity index (χ0v) is 7.41. The van der Waals surface area contributed by atoms with Gasteiger partial charge in [0.15, 0.2) is 5.82 Å². The van der Waals surface area contributed by atoms with E-state index in [0.29, 0.717) is 0 Å². The fourth-order valence-electron chi connectivity index (χ4n) is 1.16. The molecule has 1 N–H and O–H groups in total. The number of halogens is 2. The minimum atomic E-state index is -2.66. The molecule has 6 heteroatoms. The Balaban J connectivity index is 3.14. The molecule has 4 nitrogen and oxygen atoms in total. The first-order chi connectivity index (χ1) is 6.07. The van der Waals surface area contributed by atoms with Crippen molar-refractivity contribution in [1.29, 1.82) is 0 Å². The molecule has 0 bridgehead atoms. The van der Waals surface area contributed by atoms with E-state index in [1.54, 1.807) is 13.8 Å². The Labute approximate surface area is 74.2 Å². The monoisotopic (exact) mass is 191 g/mol. The summed E-state index contributed by atoms with van der Waals surface area (Å²) in [6.45, 7) is 3.08. The summed E-state index contributed by atoms with van der Waals surface area (Å²) in [4.78, 5) is 0. The number of hydrogen-bond acceptors (Lipinski definition) is 3. The van der Waals surface area contributed by atoms with Gasteiger partial charge in [0.2, 0.25) is 5.82 Å². The molecule has 1 aromatic heterocycles. The molecule has 0 fully saturated rings. The summed E-state index contributed by atoms with van der Waals surface area (Å²) in [5.41, 5.74) is 0. The molecule has 0 atom stereocenters. The minimum Gasteiger partial charge on any atom is -0.388 e. The lowest BCUT2D eigenvalue weighted by Crippen LogP contribution is -2.10. The standard InChI is InChI=1S/C7H11F2N3O/c1-4(2)12-5(3-13)10-11-7(12)6(8)9/h4,6,13H,3H2,1-2H3. The third-order valence-corrected chi connectivity index (χ3v) is 1.65. The molecule has 0 saturated carbocycles. The van der Waals surface area contributed by atoms with E-state index in [1.165, 1.54) is 4.57 Å². The molecule has 0 spiro atoms. The van der Waals surface area contributed by atoms with Crippen molar-refractivity contribution < 1.29 is 13.9 Å². The van der Waals surface area contributed by atoms with Crippen molar-refractivity contribution >= 4 is 0 Å². The smallest absolute Gasteiger partial charge is 0.297 e. The maximum absolute atomic E-state index is 12.3. The van der Waals surface area contributed by atoms with Gasteiger partial charge in [-0.2, -0.15) is 0 Å². The van der Waals surface area contributed by atoms with Crippen LogP contribution in [0, 0.1) is 0 Å². The zero-order chi connectivity index (χ0) is 10.0. The van der Waals surface area contributed by atoms with Gasteiger partial charge in [0, 0.05) is 6.04 Å². The Morgan fingerprint density at radius 3 is 2.38 bits per heavy atom. The molecule has 74 valence electrons. The predicted molar refractivity (Wildman–Crippen MR) is 41.3 cm³/mol. The maximum Gasteiger partial charge on any atom is 0.297 e. The van der Waals surface area contributed by atoms with Crippen LogP contribution in [0.3, 0.4) is 0 Å². The lowest BCUT2D eigenvalue weighted by atomic mass is 10.3. The van der Waals surface area contributed by atoms with E-state index in [2.05, 4.69) is 10.2 Å². The highest BCUT2D eigenvalue weighted by molar-refractivity contribution is 4.97. The third kappa shape index (κ3) is 1.82. The van der Waals surface area contributed by atoms with Crippen molar-refractivity contribution in [2.75, 3.05) is 0 Å². The molecule has 0 aliphatic rings. The fourth-order valence-corrected chi connectivity index (χ4v) is 1.16. The van der Waals surface area contributed by atoms with E-state index < -0.39 is 6.43 Å². The third-order valence-electron chi connectivity index (χ3n) is 1.65. The van der Waals surface area contributed by atoms with Crippen molar-refractivity contribution in [2.24, 2.45) is 0 Å². The number of hydrogen-bond donors (Lipinski definition) is 1. The molecule has 1 aromatic rings. The number of nitrogens with zero attached hydrogens (tertiary/aromatic N) is 3. The molecule has 13 heavy (non-hydrogen) atoms. The average Bonchev–Trinajstić information content (AvgIpc) is 2.46. The molecular formula is C7H11F2N3O. The molecule has 1 rings (SSSR count). The highest BCUT2D eigenvalue weighted by Crippen LogP contribution is 2.21. The highest BCUT2D eigenvalue weighted by atomic mass is 19.3. The Kier molecular flexibility index (Phi) is 2.92. The molecule has 0 saturated heterocycles. The van der Waals surface area contributed by atoms with Crippen LogP contribution in [0.4, 0.5) is 8.78 Å². The molecular weight excluding hydrogens is 180 g/mol. The Morgan fingerprint density at radius 2 is 2.00 bits per heavy atom. The number of aliphatic hydroxyl groups excluding tert-OH is 1. The van der Waals surface area contributed by atoms with Crippen LogP contribution < -0.4 is 0 Å². The summed E-state index contributed by atoms with van der Waals surface area (Å²) >= 11 is 0. The van der Waals surface area contributed by atoms with Crippen LogP contribution in [-0.4, -0.2) is 19.9 Å². The zero-order valence-electron chi connectivity index (χ0n) is 7.41. The first-order valence-electron chi connectivity index (χ1n) is 3.90. The normalized spacial score (nSPS) is 11.6. The molecule has 0 aromatic carbocycles. The van der Waals surface area contributed by atoms with E-state index in [-0.39, 0.29) is 24.3 Å². The van der Waals surface area contributed by atoms with Crippen molar-refractivity contribution in [1.82, 2.24) is 14.8 Å². The first kappa shape index (κ1) is 10.0. The van der Waals surface area contributed by atoms with Crippen molar-refractivity contribution in [3.63, 3.8) is 0 Å². The average molecular weight is 191 g/mol. The van der Waals surface area contributed by atoms with Crippen LogP contribution in [0.15, 0.2) is 0 Å². The number of aromatic nitrogens is 3. The van der Waals surface area contributed by atoms with E-state index in [9.17, 15) is 8.78 Å². The van der Waals surface area contributed by atoms with E-state index >= 15 is 0 Å². The van der Waals surface area contributed by atoms with Gasteiger partial charge in [-0.25, -0.2) is 8.78 Å². The number of rotatable bonds is 3. The Bertz CT molecular complexity index is 285. The Hall–Kier alpha value is -1.04. The molecule has 0 aliphatic carbocycles. The second-order valence-electron chi connectivity index (χ2n) is 2.90. The van der Waals surface area contributed by atoms with Gasteiger partial charge in [-0.15, -0.1) is 10.2 Å². The maximum atomic E-state index is 12.3. The highest BCUT2D eigenvalue weighted by Gasteiger charge is 2.20. The molecule has 0 amide bonds. The van der Waals surface area contributed by atoms with Gasteiger partial charge in [0.25, 0.3) is 6.43 Å². The van der Waals surface area contributed by atoms with Crippen LogP contribution in [0.25, 0.3) is 0 Å². The lowest BCUT2D eigenvalue weighted by Gasteiger charge is -2.11. The summed E-state index contributed by atoms with van der Waals surface area (Å²) in [7, 11) is 0. The van der Waals surface area contributed by atoms with E-state index in [0.717, 1.165) is 0 Å². The predicted octanol–water partition coefficient (Wildman–Crippen LogP) is 1.29. The Morgan fingerprint density at radius 1 is 1.38 bits per heavy atom. The fraction of sp³-hybridized carbons (Fsp3) is 0.714. The van der Waals surface area contributed by atoms with Gasteiger partial charge in [-0.3, -0.25) is 0 Å². The van der Waals surface area contributed by atoms with Gasteiger partial charge in [-0.1, -0.05) is 0 Å². The van der Waals surface area contributed by atoms with Gasteiger partial charge in [0.05, 0.1) is 0 Å². The van der Waals surface area contributed by atoms with Crippen LogP contribution in [0.2, 0.25) is 0 Å². The molecule has 0 aliphatic heterocycles. The first-order valence-corrected chi connectivity index (χ1v) is 3.90. The summed E-state index contributed by atoms with van der Waals surface area (Å²) in [6.07, 6.45) is -2.66. The number of alkyl halides is 2. The van der Waals surface area contributed by atoms with Gasteiger partial charge in [0.1, 0.15) is 6.61 Å². The van der Waals surface area contributed by atoms with Crippen LogP contribution in [-0.2, 0) is 6.61 Å².